The van der Waals surface area contributed by atoms with Crippen LogP contribution in [0.5, 0.6) is 0 Å². The van der Waals surface area contributed by atoms with Crippen molar-refractivity contribution in [3.05, 3.63) is 47.4 Å². The molecule has 0 unspecified atom stereocenters. The zero-order chi connectivity index (χ0) is 14.1. The van der Waals surface area contributed by atoms with Gasteiger partial charge in [0.25, 0.3) is 0 Å². The molecule has 0 spiro atoms. The predicted molar refractivity (Wildman–Crippen MR) is 81.5 cm³/mol. The Hall–Kier alpha value is -1.61. The number of hydrogen-bond acceptors (Lipinski definition) is 2. The van der Waals surface area contributed by atoms with E-state index in [4.69, 9.17) is 0 Å². The second-order valence-electron chi connectivity index (χ2n) is 5.59. The second-order valence-corrected chi connectivity index (χ2v) is 5.59. The van der Waals surface area contributed by atoms with E-state index >= 15 is 0 Å². The molecule has 1 saturated heterocycles. The van der Waals surface area contributed by atoms with Crippen molar-refractivity contribution in [2.45, 2.75) is 26.2 Å². The van der Waals surface area contributed by atoms with Crippen molar-refractivity contribution in [1.29, 1.82) is 0 Å². The number of likely N-dealkylation sites (tertiary alicyclic amines) is 1. The van der Waals surface area contributed by atoms with Crippen LogP contribution in [0.3, 0.4) is 0 Å². The molecule has 0 aromatic heterocycles. The number of hydrogen-bond donors (Lipinski definition) is 1. The lowest BCUT2D eigenvalue weighted by Crippen LogP contribution is -2.27. The molecule has 1 aromatic rings. The van der Waals surface area contributed by atoms with Crippen molar-refractivity contribution in [1.82, 2.24) is 10.2 Å². The standard InChI is InChI=1S/C17H21FN2/c1-3-17-16(11-20-8-4-5-9-20)14-7-6-13(18)10-15(14)12(2)19-17/h6-7,10,19H,2-5,8-9,11H2,1H3. The fourth-order valence-electron chi connectivity index (χ4n) is 3.16. The van der Waals surface area contributed by atoms with E-state index < -0.39 is 0 Å². The van der Waals surface area contributed by atoms with Crippen molar-refractivity contribution in [3.8, 4) is 0 Å². The van der Waals surface area contributed by atoms with Crippen molar-refractivity contribution in [2.75, 3.05) is 19.6 Å². The van der Waals surface area contributed by atoms with Crippen molar-refractivity contribution in [3.63, 3.8) is 0 Å². The lowest BCUT2D eigenvalue weighted by molar-refractivity contribution is 0.381. The third kappa shape index (κ3) is 2.38. The minimum atomic E-state index is -0.202. The van der Waals surface area contributed by atoms with E-state index in [1.807, 2.05) is 6.07 Å². The molecule has 3 heteroatoms. The van der Waals surface area contributed by atoms with Gasteiger partial charge in [0.15, 0.2) is 0 Å². The van der Waals surface area contributed by atoms with Gasteiger partial charge in [-0.1, -0.05) is 19.6 Å². The lowest BCUT2D eigenvalue weighted by atomic mass is 9.91. The Kier molecular flexibility index (Phi) is 3.62. The number of fused-ring (bicyclic) bond motifs is 1. The number of halogens is 1. The van der Waals surface area contributed by atoms with Crippen molar-refractivity contribution >= 4 is 11.3 Å². The minimum absolute atomic E-state index is 0.202. The highest BCUT2D eigenvalue weighted by Crippen LogP contribution is 2.33. The topological polar surface area (TPSA) is 15.3 Å². The summed E-state index contributed by atoms with van der Waals surface area (Å²) in [5.74, 6) is -0.202. The van der Waals surface area contributed by atoms with Gasteiger partial charge < -0.3 is 5.32 Å². The lowest BCUT2D eigenvalue weighted by Gasteiger charge is -2.29. The SMILES string of the molecule is C=C1NC(CC)=C(CN2CCCC2)c2ccc(F)cc21. The van der Waals surface area contributed by atoms with Crippen molar-refractivity contribution < 1.29 is 4.39 Å². The number of allylic oxidation sites excluding steroid dienone is 1. The number of rotatable bonds is 3. The average molecular weight is 272 g/mol. The number of benzene rings is 1. The molecule has 2 heterocycles. The summed E-state index contributed by atoms with van der Waals surface area (Å²) in [6.07, 6.45) is 3.51. The second kappa shape index (κ2) is 5.41. The van der Waals surface area contributed by atoms with E-state index in [0.29, 0.717) is 0 Å². The molecule has 20 heavy (non-hydrogen) atoms. The highest BCUT2D eigenvalue weighted by Gasteiger charge is 2.23. The van der Waals surface area contributed by atoms with Gasteiger partial charge >= 0.3 is 0 Å². The molecule has 0 radical (unpaired) electrons. The first-order valence-corrected chi connectivity index (χ1v) is 7.39. The van der Waals surface area contributed by atoms with Gasteiger partial charge in [-0.25, -0.2) is 4.39 Å². The van der Waals surface area contributed by atoms with Gasteiger partial charge in [-0.15, -0.1) is 0 Å². The van der Waals surface area contributed by atoms with Crippen LogP contribution in [0.25, 0.3) is 11.3 Å². The van der Waals surface area contributed by atoms with Gasteiger partial charge in [0.2, 0.25) is 0 Å². The summed E-state index contributed by atoms with van der Waals surface area (Å²) in [6, 6.07) is 5.04. The van der Waals surface area contributed by atoms with Crippen LogP contribution in [0.1, 0.15) is 37.3 Å². The first-order chi connectivity index (χ1) is 9.69. The molecule has 0 atom stereocenters. The quantitative estimate of drug-likeness (QED) is 0.904. The molecule has 1 aromatic carbocycles. The molecule has 106 valence electrons. The average Bonchev–Trinajstić information content (AvgIpc) is 2.95. The molecule has 0 aliphatic carbocycles. The van der Waals surface area contributed by atoms with E-state index in [1.165, 1.54) is 24.1 Å². The van der Waals surface area contributed by atoms with Gasteiger partial charge in [0.1, 0.15) is 5.82 Å². The molecular formula is C17H21FN2. The van der Waals surface area contributed by atoms with Crippen LogP contribution in [0, 0.1) is 5.82 Å². The Morgan fingerprint density at radius 3 is 2.70 bits per heavy atom. The summed E-state index contributed by atoms with van der Waals surface area (Å²) in [6.45, 7) is 9.46. The van der Waals surface area contributed by atoms with E-state index in [0.717, 1.165) is 42.9 Å². The smallest absolute Gasteiger partial charge is 0.123 e. The van der Waals surface area contributed by atoms with Gasteiger partial charge in [-0.3, -0.25) is 4.90 Å². The van der Waals surface area contributed by atoms with Crippen molar-refractivity contribution in [2.24, 2.45) is 0 Å². The Morgan fingerprint density at radius 2 is 2.00 bits per heavy atom. The van der Waals surface area contributed by atoms with Crippen LogP contribution in [0.4, 0.5) is 4.39 Å². The van der Waals surface area contributed by atoms with Crippen LogP contribution in [-0.4, -0.2) is 24.5 Å². The largest absolute Gasteiger partial charge is 0.359 e. The van der Waals surface area contributed by atoms with E-state index in [2.05, 4.69) is 23.7 Å². The highest BCUT2D eigenvalue weighted by atomic mass is 19.1. The summed E-state index contributed by atoms with van der Waals surface area (Å²) in [5.41, 5.74) is 5.37. The Bertz CT molecular complexity index is 568. The normalized spacial score (nSPS) is 19.2. The molecule has 2 aliphatic rings. The summed E-state index contributed by atoms with van der Waals surface area (Å²) >= 11 is 0. The maximum atomic E-state index is 13.5. The Labute approximate surface area is 120 Å². The molecular weight excluding hydrogens is 251 g/mol. The monoisotopic (exact) mass is 272 g/mol. The molecule has 2 aliphatic heterocycles. The van der Waals surface area contributed by atoms with Crippen LogP contribution in [0.2, 0.25) is 0 Å². The number of nitrogens with one attached hydrogen (secondary N) is 1. The molecule has 2 nitrogen and oxygen atoms in total. The predicted octanol–water partition coefficient (Wildman–Crippen LogP) is 3.62. The fourth-order valence-corrected chi connectivity index (χ4v) is 3.16. The summed E-state index contributed by atoms with van der Waals surface area (Å²) < 4.78 is 13.5. The van der Waals surface area contributed by atoms with Crippen LogP contribution in [0.15, 0.2) is 30.5 Å². The van der Waals surface area contributed by atoms with Gasteiger partial charge in [-0.05, 0) is 55.6 Å². The van der Waals surface area contributed by atoms with Gasteiger partial charge in [0.05, 0.1) is 0 Å². The summed E-state index contributed by atoms with van der Waals surface area (Å²) in [4.78, 5) is 2.48. The van der Waals surface area contributed by atoms with E-state index in [1.54, 1.807) is 12.1 Å². The molecule has 0 bridgehead atoms. The zero-order valence-electron chi connectivity index (χ0n) is 12.0. The maximum absolute atomic E-state index is 13.5. The Balaban J connectivity index is 2.01. The molecule has 1 fully saturated rings. The molecule has 0 saturated carbocycles. The first kappa shape index (κ1) is 13.4. The third-order valence-corrected chi connectivity index (χ3v) is 4.23. The third-order valence-electron chi connectivity index (χ3n) is 4.23. The zero-order valence-corrected chi connectivity index (χ0v) is 12.0. The van der Waals surface area contributed by atoms with Crippen LogP contribution in [-0.2, 0) is 0 Å². The summed E-state index contributed by atoms with van der Waals surface area (Å²) in [5, 5.41) is 3.37. The fraction of sp³-hybridized carbons (Fsp3) is 0.412. The minimum Gasteiger partial charge on any atom is -0.359 e. The summed E-state index contributed by atoms with van der Waals surface area (Å²) in [7, 11) is 0. The maximum Gasteiger partial charge on any atom is 0.123 e. The van der Waals surface area contributed by atoms with E-state index in [-0.39, 0.29) is 5.82 Å². The van der Waals surface area contributed by atoms with Gasteiger partial charge in [-0.2, -0.15) is 0 Å². The first-order valence-electron chi connectivity index (χ1n) is 7.39. The van der Waals surface area contributed by atoms with Gasteiger partial charge in [0, 0.05) is 23.5 Å². The van der Waals surface area contributed by atoms with Crippen LogP contribution >= 0.6 is 0 Å². The highest BCUT2D eigenvalue weighted by molar-refractivity contribution is 5.85. The number of nitrogens with zero attached hydrogens (tertiary/aromatic N) is 1. The van der Waals surface area contributed by atoms with Crippen LogP contribution < -0.4 is 5.32 Å². The molecule has 0 amide bonds. The van der Waals surface area contributed by atoms with E-state index in [9.17, 15) is 4.39 Å². The Morgan fingerprint density at radius 1 is 1.25 bits per heavy atom. The molecule has 3 rings (SSSR count). The molecule has 1 N–H and O–H groups in total.